The van der Waals surface area contributed by atoms with Gasteiger partial charge in [-0.2, -0.15) is 0 Å². The highest BCUT2D eigenvalue weighted by atomic mass is 16.6. The molecule has 0 aromatic heterocycles. The van der Waals surface area contributed by atoms with Gasteiger partial charge in [-0.05, 0) is 94.1 Å². The van der Waals surface area contributed by atoms with Crippen molar-refractivity contribution in [3.63, 3.8) is 0 Å². The van der Waals surface area contributed by atoms with Gasteiger partial charge in [0.25, 0.3) is 0 Å². The number of nitrogens with zero attached hydrogens (tertiary/aromatic N) is 1. The first kappa shape index (κ1) is 31.5. The van der Waals surface area contributed by atoms with Crippen LogP contribution in [-0.4, -0.2) is 45.5 Å². The Morgan fingerprint density at radius 1 is 0.889 bits per heavy atom. The van der Waals surface area contributed by atoms with Crippen molar-refractivity contribution in [2.45, 2.75) is 125 Å². The zero-order valence-electron chi connectivity index (χ0n) is 24.8. The van der Waals surface area contributed by atoms with Crippen LogP contribution in [0.5, 0.6) is 0 Å². The van der Waals surface area contributed by atoms with E-state index in [1.54, 1.807) is 25.7 Å². The maximum atomic E-state index is 14.3. The molecule has 7 heteroatoms. The second kappa shape index (κ2) is 11.7. The smallest absolute Gasteiger partial charge is 0.408 e. The number of ether oxygens (including phenoxy) is 1. The third-order valence-corrected chi connectivity index (χ3v) is 5.22. The fourth-order valence-electron chi connectivity index (χ4n) is 4.18. The Labute approximate surface area is 218 Å². The summed E-state index contributed by atoms with van der Waals surface area (Å²) in [5.41, 5.74) is 0.828. The van der Waals surface area contributed by atoms with Gasteiger partial charge in [-0.15, -0.1) is 0 Å². The van der Waals surface area contributed by atoms with Crippen LogP contribution in [0.25, 0.3) is 0 Å². The van der Waals surface area contributed by atoms with Crippen molar-refractivity contribution in [3.05, 3.63) is 34.9 Å². The van der Waals surface area contributed by atoms with E-state index in [-0.39, 0.29) is 17.7 Å². The second-order valence-corrected chi connectivity index (χ2v) is 13.3. The first-order valence-corrected chi connectivity index (χ1v) is 12.8. The van der Waals surface area contributed by atoms with Crippen LogP contribution in [-0.2, 0) is 14.3 Å². The monoisotopic (exact) mass is 503 g/mol. The summed E-state index contributed by atoms with van der Waals surface area (Å²) in [6, 6.07) is 4.20. The lowest BCUT2D eigenvalue weighted by Gasteiger charge is -2.44. The third kappa shape index (κ3) is 10.2. The summed E-state index contributed by atoms with van der Waals surface area (Å²) in [7, 11) is 0. The molecule has 1 aromatic rings. The fraction of sp³-hybridized carbons (Fsp3) is 0.690. The molecule has 36 heavy (non-hydrogen) atoms. The summed E-state index contributed by atoms with van der Waals surface area (Å²) in [5, 5.41) is 5.86. The molecule has 2 N–H and O–H groups in total. The second-order valence-electron chi connectivity index (χ2n) is 13.3. The number of rotatable bonds is 7. The molecule has 1 aromatic carbocycles. The zero-order valence-corrected chi connectivity index (χ0v) is 24.8. The van der Waals surface area contributed by atoms with Crippen LogP contribution in [0.2, 0.25) is 0 Å². The quantitative estimate of drug-likeness (QED) is 0.490. The van der Waals surface area contributed by atoms with Crippen molar-refractivity contribution in [3.8, 4) is 0 Å². The Hall–Kier alpha value is -2.57. The van der Waals surface area contributed by atoms with Gasteiger partial charge in [0.05, 0.1) is 0 Å². The predicted octanol–water partition coefficient (Wildman–Crippen LogP) is 5.83. The van der Waals surface area contributed by atoms with Crippen LogP contribution in [0.15, 0.2) is 18.2 Å². The Balaban J connectivity index is 3.67. The Morgan fingerprint density at radius 3 is 1.78 bits per heavy atom. The molecular weight excluding hydrogens is 454 g/mol. The van der Waals surface area contributed by atoms with Crippen molar-refractivity contribution in [1.82, 2.24) is 15.5 Å². The number of alkyl carbamates (subject to hydrolysis) is 1. The molecule has 7 nitrogen and oxygen atoms in total. The first-order chi connectivity index (χ1) is 16.1. The number of nitrogens with one attached hydrogen (secondary N) is 2. The zero-order chi connectivity index (χ0) is 28.2. The lowest BCUT2D eigenvalue weighted by molar-refractivity contribution is -0.149. The SMILES string of the molecule is Cc1cc(C)cc(C(C(=O)NC(C)(C)C)N(C(=O)C(CC(C)C)NC(=O)OC(C)(C)C)C(C)(C)C)c1. The largest absolute Gasteiger partial charge is 0.444 e. The number of amides is 3. The minimum atomic E-state index is -0.884. The van der Waals surface area contributed by atoms with E-state index in [0.717, 1.165) is 16.7 Å². The third-order valence-electron chi connectivity index (χ3n) is 5.22. The number of carbonyl (C=O) groups excluding carboxylic acids is 3. The van der Waals surface area contributed by atoms with Gasteiger partial charge in [0.2, 0.25) is 11.8 Å². The van der Waals surface area contributed by atoms with E-state index < -0.39 is 34.9 Å². The highest BCUT2D eigenvalue weighted by Gasteiger charge is 2.42. The predicted molar refractivity (Wildman–Crippen MR) is 146 cm³/mol. The Kier molecular flexibility index (Phi) is 10.2. The van der Waals surface area contributed by atoms with E-state index in [2.05, 4.69) is 10.6 Å². The van der Waals surface area contributed by atoms with Gasteiger partial charge in [-0.1, -0.05) is 43.2 Å². The summed E-state index contributed by atoms with van der Waals surface area (Å²) in [4.78, 5) is 42.4. The summed E-state index contributed by atoms with van der Waals surface area (Å²) in [5.74, 6) is -0.467. The molecule has 0 aliphatic rings. The lowest BCUT2D eigenvalue weighted by Crippen LogP contribution is -2.59. The normalized spacial score (nSPS) is 14.2. The van der Waals surface area contributed by atoms with Gasteiger partial charge in [0.1, 0.15) is 17.7 Å². The molecule has 0 heterocycles. The van der Waals surface area contributed by atoms with E-state index in [1.807, 2.05) is 87.4 Å². The number of carbonyl (C=O) groups is 3. The molecule has 2 unspecified atom stereocenters. The van der Waals surface area contributed by atoms with Gasteiger partial charge >= 0.3 is 6.09 Å². The van der Waals surface area contributed by atoms with E-state index in [4.69, 9.17) is 4.74 Å². The van der Waals surface area contributed by atoms with E-state index >= 15 is 0 Å². The van der Waals surface area contributed by atoms with Gasteiger partial charge in [0.15, 0.2) is 0 Å². The van der Waals surface area contributed by atoms with Crippen molar-refractivity contribution in [2.75, 3.05) is 0 Å². The first-order valence-electron chi connectivity index (χ1n) is 12.8. The molecular formula is C29H49N3O4. The summed E-state index contributed by atoms with van der Waals surface area (Å²) < 4.78 is 5.46. The molecule has 0 saturated heterocycles. The molecule has 0 bridgehead atoms. The van der Waals surface area contributed by atoms with Crippen molar-refractivity contribution >= 4 is 17.9 Å². The number of aryl methyl sites for hydroxylation is 2. The van der Waals surface area contributed by atoms with E-state index in [1.165, 1.54) is 0 Å². The molecule has 2 atom stereocenters. The molecule has 0 fully saturated rings. The summed E-state index contributed by atoms with van der Waals surface area (Å²) >= 11 is 0. The van der Waals surface area contributed by atoms with Crippen molar-refractivity contribution in [1.29, 1.82) is 0 Å². The maximum Gasteiger partial charge on any atom is 0.408 e. The standard InChI is InChI=1S/C29H49N3O4/c1-18(2)14-22(30-26(35)36-29(11,12)13)25(34)32(28(8,9)10)23(24(33)31-27(5,6)7)21-16-19(3)15-20(4)17-21/h15-18,22-23H,14H2,1-13H3,(H,30,35)(H,31,33). The summed E-state index contributed by atoms with van der Waals surface area (Å²) in [6.45, 7) is 24.7. The molecule has 3 amide bonds. The highest BCUT2D eigenvalue weighted by molar-refractivity contribution is 5.93. The van der Waals surface area contributed by atoms with Gasteiger partial charge in [-0.3, -0.25) is 9.59 Å². The fourth-order valence-corrected chi connectivity index (χ4v) is 4.18. The Bertz CT molecular complexity index is 913. The van der Waals surface area contributed by atoms with E-state index in [0.29, 0.717) is 6.42 Å². The molecule has 0 aliphatic carbocycles. The topological polar surface area (TPSA) is 87.7 Å². The highest BCUT2D eigenvalue weighted by Crippen LogP contribution is 2.32. The molecule has 0 radical (unpaired) electrons. The molecule has 204 valence electrons. The molecule has 1 rings (SSSR count). The van der Waals surface area contributed by atoms with Gasteiger partial charge in [-0.25, -0.2) is 4.79 Å². The van der Waals surface area contributed by atoms with Crippen LogP contribution >= 0.6 is 0 Å². The van der Waals surface area contributed by atoms with Gasteiger partial charge < -0.3 is 20.3 Å². The van der Waals surface area contributed by atoms with Crippen LogP contribution in [0.3, 0.4) is 0 Å². The maximum absolute atomic E-state index is 14.3. The van der Waals surface area contributed by atoms with E-state index in [9.17, 15) is 14.4 Å². The van der Waals surface area contributed by atoms with Gasteiger partial charge in [0, 0.05) is 11.1 Å². The van der Waals surface area contributed by atoms with Crippen molar-refractivity contribution < 1.29 is 19.1 Å². The van der Waals surface area contributed by atoms with Crippen LogP contribution in [0, 0.1) is 19.8 Å². The minimum Gasteiger partial charge on any atom is -0.444 e. The summed E-state index contributed by atoms with van der Waals surface area (Å²) in [6.07, 6.45) is -0.247. The molecule has 0 saturated carbocycles. The number of benzene rings is 1. The number of hydrogen-bond acceptors (Lipinski definition) is 4. The molecule has 0 spiro atoms. The average Bonchev–Trinajstić information content (AvgIpc) is 2.59. The lowest BCUT2D eigenvalue weighted by atomic mass is 9.91. The van der Waals surface area contributed by atoms with Crippen LogP contribution < -0.4 is 10.6 Å². The van der Waals surface area contributed by atoms with Crippen LogP contribution in [0.4, 0.5) is 4.79 Å². The van der Waals surface area contributed by atoms with Crippen LogP contribution in [0.1, 0.15) is 105 Å². The minimum absolute atomic E-state index is 0.124. The Morgan fingerprint density at radius 2 is 1.39 bits per heavy atom. The molecule has 0 aliphatic heterocycles. The average molecular weight is 504 g/mol. The van der Waals surface area contributed by atoms with Crippen molar-refractivity contribution in [2.24, 2.45) is 5.92 Å². The number of hydrogen-bond donors (Lipinski definition) is 2.